The Morgan fingerprint density at radius 2 is 2.03 bits per heavy atom. The van der Waals surface area contributed by atoms with E-state index in [-0.39, 0.29) is 31.0 Å². The zero-order chi connectivity index (χ0) is 23.6. The van der Waals surface area contributed by atoms with E-state index in [1.807, 2.05) is 0 Å². The molecule has 172 valence electrons. The van der Waals surface area contributed by atoms with Crippen molar-refractivity contribution in [3.05, 3.63) is 63.1 Å². The molecule has 8 nitrogen and oxygen atoms in total. The quantitative estimate of drug-likeness (QED) is 0.669. The van der Waals surface area contributed by atoms with Gasteiger partial charge in [0.15, 0.2) is 11.5 Å². The number of aromatic hydroxyl groups is 1. The number of aromatic nitrogens is 1. The fraction of sp³-hybridized carbons (Fsp3) is 0.409. The topological polar surface area (TPSA) is 107 Å². The minimum absolute atomic E-state index is 0.0190. The van der Waals surface area contributed by atoms with Crippen molar-refractivity contribution in [2.24, 2.45) is 5.41 Å². The Labute approximate surface area is 182 Å². The number of benzene rings is 1. The van der Waals surface area contributed by atoms with Gasteiger partial charge in [0.05, 0.1) is 18.1 Å². The van der Waals surface area contributed by atoms with Crippen molar-refractivity contribution in [1.82, 2.24) is 9.88 Å². The number of nitrogens with zero attached hydrogens (tertiary/aromatic N) is 1. The van der Waals surface area contributed by atoms with Crippen molar-refractivity contribution >= 4 is 11.7 Å². The van der Waals surface area contributed by atoms with E-state index in [0.717, 1.165) is 6.07 Å². The van der Waals surface area contributed by atoms with Gasteiger partial charge in [0.25, 0.3) is 5.91 Å². The highest BCUT2D eigenvalue weighted by Crippen LogP contribution is 2.39. The van der Waals surface area contributed by atoms with Crippen LogP contribution >= 0.6 is 0 Å². The second kappa shape index (κ2) is 9.17. The number of nitrogens with one attached hydrogen (secondary N) is 1. The summed E-state index contributed by atoms with van der Waals surface area (Å²) in [5, 5.41) is 12.9. The lowest BCUT2D eigenvalue weighted by atomic mass is 9.73. The summed E-state index contributed by atoms with van der Waals surface area (Å²) in [6.07, 6.45) is 0.886. The average molecular weight is 450 g/mol. The van der Waals surface area contributed by atoms with Crippen LogP contribution in [-0.2, 0) is 22.6 Å². The van der Waals surface area contributed by atoms with E-state index in [1.54, 1.807) is 6.92 Å². The SMILES string of the molecule is COCCC1(C)C(=O)c2c(O)c(=O)c(C(=O)NCc3ccc(F)cc3F)cn2CC1OC. The van der Waals surface area contributed by atoms with Gasteiger partial charge < -0.3 is 24.5 Å². The Morgan fingerprint density at radius 1 is 1.31 bits per heavy atom. The Balaban J connectivity index is 1.93. The van der Waals surface area contributed by atoms with Gasteiger partial charge in [-0.2, -0.15) is 0 Å². The Kier molecular flexibility index (Phi) is 6.75. The molecule has 1 amide bonds. The van der Waals surface area contributed by atoms with Gasteiger partial charge in [0.2, 0.25) is 5.43 Å². The maximum Gasteiger partial charge on any atom is 0.257 e. The molecule has 3 rings (SSSR count). The second-order valence-corrected chi connectivity index (χ2v) is 7.85. The number of hydrogen-bond acceptors (Lipinski definition) is 6. The number of methoxy groups -OCH3 is 2. The van der Waals surface area contributed by atoms with Crippen LogP contribution < -0.4 is 10.7 Å². The van der Waals surface area contributed by atoms with Crippen LogP contribution in [0.1, 0.15) is 39.8 Å². The van der Waals surface area contributed by atoms with Crippen LogP contribution in [0.2, 0.25) is 0 Å². The Bertz CT molecular complexity index is 1120. The van der Waals surface area contributed by atoms with E-state index in [9.17, 15) is 28.3 Å². The summed E-state index contributed by atoms with van der Waals surface area (Å²) in [4.78, 5) is 38.5. The molecule has 2 N–H and O–H groups in total. The third-order valence-electron chi connectivity index (χ3n) is 5.87. The third-order valence-corrected chi connectivity index (χ3v) is 5.87. The lowest BCUT2D eigenvalue weighted by Crippen LogP contribution is -2.50. The number of amides is 1. The number of pyridine rings is 1. The molecular formula is C22H24F2N2O6. The van der Waals surface area contributed by atoms with Crippen LogP contribution in [0.25, 0.3) is 0 Å². The molecule has 0 saturated heterocycles. The predicted octanol–water partition coefficient (Wildman–Crippen LogP) is 2.02. The second-order valence-electron chi connectivity index (χ2n) is 7.85. The summed E-state index contributed by atoms with van der Waals surface area (Å²) in [6.45, 7) is 1.75. The monoisotopic (exact) mass is 450 g/mol. The molecule has 2 aromatic rings. The molecule has 0 aliphatic carbocycles. The maximum atomic E-state index is 13.8. The number of ketones is 1. The summed E-state index contributed by atoms with van der Waals surface area (Å²) in [7, 11) is 2.94. The fourth-order valence-corrected chi connectivity index (χ4v) is 3.85. The van der Waals surface area contributed by atoms with Crippen LogP contribution in [0.15, 0.2) is 29.2 Å². The standard InChI is InChI=1S/C22H24F2N2O6/c1-22(6-7-31-2)16(32-3)11-26-10-14(18(27)19(28)17(26)20(22)29)21(30)25-9-12-4-5-13(23)8-15(12)24/h4-5,8,10,16,28H,6-7,9,11H2,1-3H3,(H,25,30). The lowest BCUT2D eigenvalue weighted by molar-refractivity contribution is -0.0262. The van der Waals surface area contributed by atoms with E-state index in [2.05, 4.69) is 5.32 Å². The van der Waals surface area contributed by atoms with Gasteiger partial charge in [-0.05, 0) is 19.4 Å². The van der Waals surface area contributed by atoms with Gasteiger partial charge in [-0.3, -0.25) is 14.4 Å². The number of rotatable bonds is 7. The molecule has 10 heteroatoms. The molecule has 1 aromatic heterocycles. The van der Waals surface area contributed by atoms with Crippen LogP contribution in [-0.4, -0.2) is 48.3 Å². The first-order valence-corrected chi connectivity index (χ1v) is 9.89. The number of carbonyl (C=O) groups is 2. The van der Waals surface area contributed by atoms with Gasteiger partial charge in [-0.25, -0.2) is 8.78 Å². The van der Waals surface area contributed by atoms with E-state index in [4.69, 9.17) is 9.47 Å². The summed E-state index contributed by atoms with van der Waals surface area (Å²) in [6, 6.07) is 2.89. The molecule has 0 bridgehead atoms. The highest BCUT2D eigenvalue weighted by atomic mass is 19.1. The summed E-state index contributed by atoms with van der Waals surface area (Å²) in [5.74, 6) is -3.82. The fourth-order valence-electron chi connectivity index (χ4n) is 3.85. The van der Waals surface area contributed by atoms with Crippen molar-refractivity contribution in [3.63, 3.8) is 0 Å². The molecule has 0 spiro atoms. The van der Waals surface area contributed by atoms with E-state index >= 15 is 0 Å². The number of Topliss-reactive ketones (excluding diaryl/α,β-unsaturated/α-hetero) is 1. The minimum Gasteiger partial charge on any atom is -0.503 e. The largest absolute Gasteiger partial charge is 0.503 e. The number of carbonyl (C=O) groups excluding carboxylic acids is 2. The first-order chi connectivity index (χ1) is 15.1. The summed E-state index contributed by atoms with van der Waals surface area (Å²) in [5.41, 5.74) is -2.67. The molecule has 2 unspecified atom stereocenters. The minimum atomic E-state index is -1.04. The van der Waals surface area contributed by atoms with Crippen molar-refractivity contribution in [1.29, 1.82) is 0 Å². The highest BCUT2D eigenvalue weighted by molar-refractivity contribution is 6.03. The van der Waals surface area contributed by atoms with Crippen LogP contribution in [0.5, 0.6) is 5.75 Å². The normalized spacial score (nSPS) is 20.2. The third kappa shape index (κ3) is 4.15. The molecule has 0 saturated carbocycles. The smallest absolute Gasteiger partial charge is 0.257 e. The van der Waals surface area contributed by atoms with Gasteiger partial charge in [0, 0.05) is 45.2 Å². The lowest BCUT2D eigenvalue weighted by Gasteiger charge is -2.40. The molecule has 0 fully saturated rings. The van der Waals surface area contributed by atoms with Crippen LogP contribution in [0.3, 0.4) is 0 Å². The van der Waals surface area contributed by atoms with Gasteiger partial charge in [0.1, 0.15) is 22.9 Å². The first kappa shape index (κ1) is 23.6. The number of fused-ring (bicyclic) bond motifs is 1. The van der Waals surface area contributed by atoms with Crippen molar-refractivity contribution in [3.8, 4) is 5.75 Å². The number of halogens is 2. The van der Waals surface area contributed by atoms with E-state index in [0.29, 0.717) is 12.5 Å². The molecule has 0 radical (unpaired) electrons. The first-order valence-electron chi connectivity index (χ1n) is 9.89. The van der Waals surface area contributed by atoms with Crippen LogP contribution in [0.4, 0.5) is 8.78 Å². The molecule has 1 aliphatic heterocycles. The van der Waals surface area contributed by atoms with E-state index in [1.165, 1.54) is 31.0 Å². The van der Waals surface area contributed by atoms with Crippen molar-refractivity contribution < 1.29 is 33.0 Å². The molecule has 1 aromatic carbocycles. The highest BCUT2D eigenvalue weighted by Gasteiger charge is 2.48. The van der Waals surface area contributed by atoms with Gasteiger partial charge in [-0.15, -0.1) is 0 Å². The maximum absolute atomic E-state index is 13.8. The molecule has 2 atom stereocenters. The zero-order valence-corrected chi connectivity index (χ0v) is 17.9. The number of hydrogen-bond donors (Lipinski definition) is 2. The van der Waals surface area contributed by atoms with Crippen molar-refractivity contribution in [2.75, 3.05) is 20.8 Å². The molecule has 2 heterocycles. The molecule has 32 heavy (non-hydrogen) atoms. The summed E-state index contributed by atoms with van der Waals surface area (Å²) < 4.78 is 38.7. The molecule has 1 aliphatic rings. The zero-order valence-electron chi connectivity index (χ0n) is 17.9. The van der Waals surface area contributed by atoms with Crippen molar-refractivity contribution in [2.45, 2.75) is 32.5 Å². The predicted molar refractivity (Wildman–Crippen MR) is 110 cm³/mol. The Morgan fingerprint density at radius 3 is 2.66 bits per heavy atom. The summed E-state index contributed by atoms with van der Waals surface area (Å²) >= 11 is 0. The average Bonchev–Trinajstić information content (AvgIpc) is 2.76. The van der Waals surface area contributed by atoms with Gasteiger partial charge in [-0.1, -0.05) is 6.07 Å². The molecular weight excluding hydrogens is 426 g/mol. The van der Waals surface area contributed by atoms with Gasteiger partial charge >= 0.3 is 0 Å². The van der Waals surface area contributed by atoms with Crippen LogP contribution in [0, 0.1) is 17.0 Å². The Hall–Kier alpha value is -3.11. The number of ether oxygens (including phenoxy) is 2. The van der Waals surface area contributed by atoms with E-state index < -0.39 is 51.6 Å².